The number of aromatic nitrogens is 1. The summed E-state index contributed by atoms with van der Waals surface area (Å²) in [4.78, 5) is 3.99. The molecule has 1 heterocycles. The van der Waals surface area contributed by atoms with Crippen molar-refractivity contribution in [2.24, 2.45) is 0 Å². The lowest BCUT2D eigenvalue weighted by Gasteiger charge is -2.07. The minimum atomic E-state index is -0.615. The van der Waals surface area contributed by atoms with Crippen molar-refractivity contribution in [1.82, 2.24) is 4.98 Å². The highest BCUT2D eigenvalue weighted by Crippen LogP contribution is 2.19. The maximum Gasteiger partial charge on any atom is 0.165 e. The van der Waals surface area contributed by atoms with E-state index in [9.17, 15) is 8.78 Å². The third-order valence-corrected chi connectivity index (χ3v) is 2.11. The van der Waals surface area contributed by atoms with Crippen LogP contribution in [0.15, 0.2) is 36.5 Å². The van der Waals surface area contributed by atoms with Gasteiger partial charge in [-0.2, -0.15) is 0 Å². The largest absolute Gasteiger partial charge is 0.484 e. The van der Waals surface area contributed by atoms with E-state index in [4.69, 9.17) is 10.5 Å². The maximum atomic E-state index is 13.2. The van der Waals surface area contributed by atoms with E-state index in [2.05, 4.69) is 4.98 Å². The maximum absolute atomic E-state index is 13.2. The molecule has 2 N–H and O–H groups in total. The summed E-state index contributed by atoms with van der Waals surface area (Å²) in [6.45, 7) is 0.0331. The van der Waals surface area contributed by atoms with Crippen LogP contribution in [0.4, 0.5) is 14.5 Å². The lowest BCUT2D eigenvalue weighted by Crippen LogP contribution is -2.01. The predicted octanol–water partition coefficient (Wildman–Crippen LogP) is 2.52. The van der Waals surface area contributed by atoms with Gasteiger partial charge in [-0.15, -0.1) is 0 Å². The van der Waals surface area contributed by atoms with Crippen LogP contribution in [0.1, 0.15) is 5.69 Å². The zero-order valence-corrected chi connectivity index (χ0v) is 8.86. The van der Waals surface area contributed by atoms with Gasteiger partial charge in [0.2, 0.25) is 0 Å². The van der Waals surface area contributed by atoms with Gasteiger partial charge in [-0.25, -0.2) is 8.78 Å². The van der Waals surface area contributed by atoms with Crippen LogP contribution in [0.25, 0.3) is 0 Å². The Balaban J connectivity index is 2.09. The van der Waals surface area contributed by atoms with Gasteiger partial charge in [0.25, 0.3) is 0 Å². The van der Waals surface area contributed by atoms with E-state index >= 15 is 0 Å². The fourth-order valence-corrected chi connectivity index (χ4v) is 1.32. The molecule has 0 amide bonds. The molecule has 1 aromatic carbocycles. The molecule has 0 atom stereocenters. The molecule has 0 fully saturated rings. The summed E-state index contributed by atoms with van der Waals surface area (Å²) in [5, 5.41) is 0. The first-order valence-electron chi connectivity index (χ1n) is 4.93. The Morgan fingerprint density at radius 1 is 1.18 bits per heavy atom. The van der Waals surface area contributed by atoms with Crippen molar-refractivity contribution >= 4 is 5.69 Å². The van der Waals surface area contributed by atoms with Gasteiger partial charge in [0, 0.05) is 18.0 Å². The van der Waals surface area contributed by atoms with Gasteiger partial charge in [-0.05, 0) is 24.3 Å². The minimum Gasteiger partial charge on any atom is -0.484 e. The Hall–Kier alpha value is -2.17. The highest BCUT2D eigenvalue weighted by Gasteiger charge is 2.05. The Kier molecular flexibility index (Phi) is 3.18. The smallest absolute Gasteiger partial charge is 0.165 e. The SMILES string of the molecule is Nc1ccnc(COc2cc(F)ccc2F)c1. The van der Waals surface area contributed by atoms with Crippen molar-refractivity contribution in [3.05, 3.63) is 53.9 Å². The number of pyridine rings is 1. The predicted molar refractivity (Wildman–Crippen MR) is 59.3 cm³/mol. The number of nitrogens with zero attached hydrogens (tertiary/aromatic N) is 1. The molecule has 0 unspecified atom stereocenters. The third-order valence-electron chi connectivity index (χ3n) is 2.11. The lowest BCUT2D eigenvalue weighted by molar-refractivity contribution is 0.284. The number of hydrogen-bond acceptors (Lipinski definition) is 3. The van der Waals surface area contributed by atoms with Crippen LogP contribution in [0.2, 0.25) is 0 Å². The second-order valence-electron chi connectivity index (χ2n) is 3.44. The molecule has 0 aliphatic carbocycles. The standard InChI is InChI=1S/C12H10F2N2O/c13-8-1-2-11(14)12(5-8)17-7-10-6-9(15)3-4-16-10/h1-6H,7H2,(H2,15,16). The normalized spacial score (nSPS) is 10.2. The number of benzene rings is 1. The van der Waals surface area contributed by atoms with E-state index < -0.39 is 11.6 Å². The zero-order chi connectivity index (χ0) is 12.3. The molecule has 0 saturated carbocycles. The van der Waals surface area contributed by atoms with Crippen molar-refractivity contribution < 1.29 is 13.5 Å². The summed E-state index contributed by atoms with van der Waals surface area (Å²) < 4.78 is 31.2. The quantitative estimate of drug-likeness (QED) is 0.890. The number of rotatable bonds is 3. The van der Waals surface area contributed by atoms with Gasteiger partial charge >= 0.3 is 0 Å². The molecule has 0 spiro atoms. The Morgan fingerprint density at radius 2 is 2.00 bits per heavy atom. The van der Waals surface area contributed by atoms with Gasteiger partial charge in [0.1, 0.15) is 12.4 Å². The van der Waals surface area contributed by atoms with E-state index in [1.165, 1.54) is 6.20 Å². The Bertz CT molecular complexity index is 532. The third kappa shape index (κ3) is 2.90. The summed E-state index contributed by atoms with van der Waals surface area (Å²) in [6.07, 6.45) is 1.52. The highest BCUT2D eigenvalue weighted by molar-refractivity contribution is 5.37. The first kappa shape index (κ1) is 11.3. The molecule has 1 aromatic heterocycles. The average Bonchev–Trinajstić information content (AvgIpc) is 2.30. The molecule has 2 aromatic rings. The van der Waals surface area contributed by atoms with Crippen molar-refractivity contribution in [1.29, 1.82) is 0 Å². The summed E-state index contributed by atoms with van der Waals surface area (Å²) in [5.74, 6) is -1.31. The number of hydrogen-bond donors (Lipinski definition) is 1. The number of halogens is 2. The monoisotopic (exact) mass is 236 g/mol. The van der Waals surface area contributed by atoms with Crippen LogP contribution in [0.3, 0.4) is 0 Å². The van der Waals surface area contributed by atoms with E-state index in [1.807, 2.05) is 0 Å². The molecule has 0 radical (unpaired) electrons. The summed E-state index contributed by atoms with van der Waals surface area (Å²) >= 11 is 0. The van der Waals surface area contributed by atoms with Gasteiger partial charge in [0.15, 0.2) is 11.6 Å². The molecular weight excluding hydrogens is 226 g/mol. The number of anilines is 1. The molecule has 0 saturated heterocycles. The van der Waals surface area contributed by atoms with E-state index in [-0.39, 0.29) is 12.4 Å². The van der Waals surface area contributed by atoms with E-state index in [1.54, 1.807) is 12.1 Å². The first-order valence-corrected chi connectivity index (χ1v) is 4.93. The van der Waals surface area contributed by atoms with Gasteiger partial charge in [-0.1, -0.05) is 0 Å². The fourth-order valence-electron chi connectivity index (χ4n) is 1.32. The Labute approximate surface area is 96.9 Å². The number of nitrogen functional groups attached to an aromatic ring is 1. The van der Waals surface area contributed by atoms with Crippen LogP contribution in [-0.4, -0.2) is 4.98 Å². The molecule has 88 valence electrons. The molecule has 5 heteroatoms. The van der Waals surface area contributed by atoms with Crippen molar-refractivity contribution in [2.75, 3.05) is 5.73 Å². The number of nitrogens with two attached hydrogens (primary N) is 1. The molecule has 17 heavy (non-hydrogen) atoms. The molecule has 0 aliphatic heterocycles. The second-order valence-corrected chi connectivity index (χ2v) is 3.44. The topological polar surface area (TPSA) is 48.1 Å². The molecule has 2 rings (SSSR count). The molecular formula is C12H10F2N2O. The highest BCUT2D eigenvalue weighted by atomic mass is 19.1. The zero-order valence-electron chi connectivity index (χ0n) is 8.86. The second kappa shape index (κ2) is 4.78. The number of ether oxygens (including phenoxy) is 1. The minimum absolute atomic E-state index is 0.0331. The summed E-state index contributed by atoms with van der Waals surface area (Å²) in [7, 11) is 0. The fraction of sp³-hybridized carbons (Fsp3) is 0.0833. The average molecular weight is 236 g/mol. The molecule has 0 bridgehead atoms. The van der Waals surface area contributed by atoms with E-state index in [0.717, 1.165) is 18.2 Å². The van der Waals surface area contributed by atoms with Crippen LogP contribution in [0, 0.1) is 11.6 Å². The van der Waals surface area contributed by atoms with Crippen LogP contribution in [-0.2, 0) is 6.61 Å². The van der Waals surface area contributed by atoms with Crippen molar-refractivity contribution in [3.8, 4) is 5.75 Å². The van der Waals surface area contributed by atoms with Crippen molar-refractivity contribution in [2.45, 2.75) is 6.61 Å². The Morgan fingerprint density at radius 3 is 2.76 bits per heavy atom. The van der Waals surface area contributed by atoms with Crippen LogP contribution >= 0.6 is 0 Å². The van der Waals surface area contributed by atoms with Gasteiger partial charge in [-0.3, -0.25) is 4.98 Å². The summed E-state index contributed by atoms with van der Waals surface area (Å²) in [6, 6.07) is 6.27. The van der Waals surface area contributed by atoms with E-state index in [0.29, 0.717) is 11.4 Å². The van der Waals surface area contributed by atoms with Crippen molar-refractivity contribution in [3.63, 3.8) is 0 Å². The first-order chi connectivity index (χ1) is 8.15. The van der Waals surface area contributed by atoms with Crippen LogP contribution < -0.4 is 10.5 Å². The van der Waals surface area contributed by atoms with Gasteiger partial charge in [0.05, 0.1) is 5.69 Å². The van der Waals surface area contributed by atoms with Gasteiger partial charge < -0.3 is 10.5 Å². The molecule has 0 aliphatic rings. The summed E-state index contributed by atoms with van der Waals surface area (Å²) in [5.41, 5.74) is 6.64. The van der Waals surface area contributed by atoms with Crippen LogP contribution in [0.5, 0.6) is 5.75 Å². The lowest BCUT2D eigenvalue weighted by atomic mass is 10.3. The molecule has 3 nitrogen and oxygen atoms in total.